The third kappa shape index (κ3) is 3.35. The van der Waals surface area contributed by atoms with Gasteiger partial charge in [-0.05, 0) is 42.5 Å². The average molecular weight is 358 g/mol. The largest absolute Gasteiger partial charge is 0.396 e. The van der Waals surface area contributed by atoms with E-state index in [1.54, 1.807) is 60.8 Å². The maximum absolute atomic E-state index is 12.9. The summed E-state index contributed by atoms with van der Waals surface area (Å²) in [6.45, 7) is 0. The monoisotopic (exact) mass is 357 g/mol. The van der Waals surface area contributed by atoms with Gasteiger partial charge in [0.05, 0.1) is 16.4 Å². The number of ketones is 1. The molecule has 0 fully saturated rings. The van der Waals surface area contributed by atoms with Crippen molar-refractivity contribution in [1.82, 2.24) is 4.98 Å². The van der Waals surface area contributed by atoms with Gasteiger partial charge in [-0.15, -0.1) is 0 Å². The molecule has 0 radical (unpaired) electrons. The van der Waals surface area contributed by atoms with E-state index in [9.17, 15) is 4.79 Å². The first kappa shape index (κ1) is 16.3. The number of nitrogens with one attached hydrogen (secondary N) is 1. The predicted molar refractivity (Wildman–Crippen MR) is 98.3 cm³/mol. The number of nitrogens with zero attached hydrogens (tertiary/aromatic N) is 1. The van der Waals surface area contributed by atoms with Gasteiger partial charge < -0.3 is 11.1 Å². The highest BCUT2D eigenvalue weighted by atomic mass is 35.5. The van der Waals surface area contributed by atoms with Gasteiger partial charge in [0.15, 0.2) is 11.6 Å². The Bertz CT molecular complexity index is 912. The van der Waals surface area contributed by atoms with Gasteiger partial charge in [0.25, 0.3) is 0 Å². The van der Waals surface area contributed by atoms with Crippen molar-refractivity contribution in [3.8, 4) is 0 Å². The maximum Gasteiger partial charge on any atom is 0.196 e. The van der Waals surface area contributed by atoms with E-state index < -0.39 is 0 Å². The summed E-state index contributed by atoms with van der Waals surface area (Å²) >= 11 is 12.2. The molecule has 24 heavy (non-hydrogen) atoms. The van der Waals surface area contributed by atoms with Crippen molar-refractivity contribution in [1.29, 1.82) is 0 Å². The quantitative estimate of drug-likeness (QED) is 0.648. The molecule has 4 nitrogen and oxygen atoms in total. The Balaban J connectivity index is 2.05. The Labute approximate surface area is 149 Å². The van der Waals surface area contributed by atoms with Gasteiger partial charge in [-0.25, -0.2) is 4.98 Å². The molecular formula is C18H13Cl2N3O. The van der Waals surface area contributed by atoms with Crippen LogP contribution in [0.2, 0.25) is 10.0 Å². The van der Waals surface area contributed by atoms with E-state index in [-0.39, 0.29) is 5.78 Å². The van der Waals surface area contributed by atoms with Crippen LogP contribution in [0, 0.1) is 0 Å². The van der Waals surface area contributed by atoms with E-state index >= 15 is 0 Å². The van der Waals surface area contributed by atoms with Gasteiger partial charge >= 0.3 is 0 Å². The fourth-order valence-corrected chi connectivity index (χ4v) is 2.65. The fourth-order valence-electron chi connectivity index (χ4n) is 2.25. The van der Waals surface area contributed by atoms with Crippen LogP contribution >= 0.6 is 23.2 Å². The molecule has 0 saturated carbocycles. The Kier molecular flexibility index (Phi) is 4.69. The zero-order valence-electron chi connectivity index (χ0n) is 12.5. The molecule has 0 unspecified atom stereocenters. The molecule has 120 valence electrons. The molecule has 3 rings (SSSR count). The molecule has 0 aliphatic heterocycles. The Hall–Kier alpha value is -2.56. The van der Waals surface area contributed by atoms with Crippen LogP contribution in [0.1, 0.15) is 15.9 Å². The molecule has 1 heterocycles. The predicted octanol–water partition coefficient (Wildman–Crippen LogP) is 4.95. The smallest absolute Gasteiger partial charge is 0.196 e. The second kappa shape index (κ2) is 6.91. The minimum atomic E-state index is -0.236. The summed E-state index contributed by atoms with van der Waals surface area (Å²) in [6.07, 6.45) is 1.62. The molecule has 0 amide bonds. The van der Waals surface area contributed by atoms with Gasteiger partial charge in [0.1, 0.15) is 0 Å². The first-order chi connectivity index (χ1) is 11.6. The van der Waals surface area contributed by atoms with E-state index in [1.807, 2.05) is 0 Å². The minimum Gasteiger partial charge on any atom is -0.396 e. The number of nitrogen functional groups attached to an aromatic ring is 1. The van der Waals surface area contributed by atoms with E-state index in [0.29, 0.717) is 38.4 Å². The number of pyridine rings is 1. The van der Waals surface area contributed by atoms with Crippen LogP contribution in [0.25, 0.3) is 0 Å². The van der Waals surface area contributed by atoms with Crippen molar-refractivity contribution in [3.63, 3.8) is 0 Å². The van der Waals surface area contributed by atoms with Crippen LogP contribution in [0.15, 0.2) is 60.8 Å². The lowest BCUT2D eigenvalue weighted by molar-refractivity contribution is 0.103. The second-order valence-corrected chi connectivity index (χ2v) is 5.91. The number of carbonyl (C=O) groups is 1. The summed E-state index contributed by atoms with van der Waals surface area (Å²) in [4.78, 5) is 17.1. The number of carbonyl (C=O) groups excluding carboxylic acids is 1. The number of benzene rings is 2. The van der Waals surface area contributed by atoms with Crippen LogP contribution in [0.4, 0.5) is 17.2 Å². The van der Waals surface area contributed by atoms with Crippen molar-refractivity contribution in [2.24, 2.45) is 0 Å². The van der Waals surface area contributed by atoms with Gasteiger partial charge in [0, 0.05) is 22.3 Å². The van der Waals surface area contributed by atoms with Crippen molar-refractivity contribution < 1.29 is 4.79 Å². The molecule has 3 N–H and O–H groups in total. The van der Waals surface area contributed by atoms with Crippen molar-refractivity contribution in [2.75, 3.05) is 11.1 Å². The topological polar surface area (TPSA) is 68.0 Å². The molecule has 0 aliphatic rings. The SMILES string of the molecule is Nc1cccnc1Nc1ccc(Cl)cc1C(=O)c1ccccc1Cl. The highest BCUT2D eigenvalue weighted by Crippen LogP contribution is 2.29. The standard InChI is InChI=1S/C18H13Cl2N3O/c19-11-7-8-16(23-18-15(21)6-3-9-22-18)13(10-11)17(24)12-4-1-2-5-14(12)20/h1-10H,21H2,(H,22,23). The summed E-state index contributed by atoms with van der Waals surface area (Å²) in [7, 11) is 0. The maximum atomic E-state index is 12.9. The van der Waals surface area contributed by atoms with Gasteiger partial charge in [-0.3, -0.25) is 4.79 Å². The lowest BCUT2D eigenvalue weighted by atomic mass is 10.0. The molecule has 3 aromatic rings. The van der Waals surface area contributed by atoms with Crippen LogP contribution in [0.5, 0.6) is 0 Å². The van der Waals surface area contributed by atoms with Crippen molar-refractivity contribution in [3.05, 3.63) is 82.0 Å². The molecule has 0 aliphatic carbocycles. The number of aromatic nitrogens is 1. The number of rotatable bonds is 4. The third-order valence-corrected chi connectivity index (χ3v) is 4.00. The van der Waals surface area contributed by atoms with E-state index in [0.717, 1.165) is 0 Å². The van der Waals surface area contributed by atoms with Crippen molar-refractivity contribution >= 4 is 46.2 Å². The summed E-state index contributed by atoms with van der Waals surface area (Å²) in [5, 5.41) is 3.91. The van der Waals surface area contributed by atoms with E-state index in [4.69, 9.17) is 28.9 Å². The Morgan fingerprint density at radius 1 is 1.00 bits per heavy atom. The fraction of sp³-hybridized carbons (Fsp3) is 0. The Morgan fingerprint density at radius 3 is 2.54 bits per heavy atom. The van der Waals surface area contributed by atoms with Gasteiger partial charge in [-0.1, -0.05) is 35.3 Å². The minimum absolute atomic E-state index is 0.236. The number of halogens is 2. The molecule has 0 saturated heterocycles. The zero-order chi connectivity index (χ0) is 17.1. The molecule has 0 atom stereocenters. The average Bonchev–Trinajstić information content (AvgIpc) is 2.58. The number of hydrogen-bond acceptors (Lipinski definition) is 4. The van der Waals surface area contributed by atoms with Crippen LogP contribution in [-0.2, 0) is 0 Å². The first-order valence-electron chi connectivity index (χ1n) is 7.12. The van der Waals surface area contributed by atoms with Gasteiger partial charge in [0.2, 0.25) is 0 Å². The highest BCUT2D eigenvalue weighted by Gasteiger charge is 2.17. The number of nitrogens with two attached hydrogens (primary N) is 1. The number of hydrogen-bond donors (Lipinski definition) is 2. The van der Waals surface area contributed by atoms with Crippen LogP contribution in [-0.4, -0.2) is 10.8 Å². The third-order valence-electron chi connectivity index (χ3n) is 3.44. The molecule has 0 spiro atoms. The lowest BCUT2D eigenvalue weighted by Crippen LogP contribution is -2.07. The summed E-state index contributed by atoms with van der Waals surface area (Å²) in [5.74, 6) is 0.230. The highest BCUT2D eigenvalue weighted by molar-refractivity contribution is 6.35. The number of anilines is 3. The zero-order valence-corrected chi connectivity index (χ0v) is 14.0. The molecule has 1 aromatic heterocycles. The van der Waals surface area contributed by atoms with Crippen LogP contribution in [0.3, 0.4) is 0 Å². The summed E-state index contributed by atoms with van der Waals surface area (Å²) < 4.78 is 0. The van der Waals surface area contributed by atoms with Crippen LogP contribution < -0.4 is 11.1 Å². The molecule has 6 heteroatoms. The summed E-state index contributed by atoms with van der Waals surface area (Å²) in [6, 6.07) is 15.3. The Morgan fingerprint density at radius 2 is 1.79 bits per heavy atom. The first-order valence-corrected chi connectivity index (χ1v) is 7.88. The van der Waals surface area contributed by atoms with Gasteiger partial charge in [-0.2, -0.15) is 0 Å². The summed E-state index contributed by atoms with van der Waals surface area (Å²) in [5.41, 5.74) is 7.72. The molecular weight excluding hydrogens is 345 g/mol. The van der Waals surface area contributed by atoms with Crippen molar-refractivity contribution in [2.45, 2.75) is 0 Å². The molecule has 2 aromatic carbocycles. The van der Waals surface area contributed by atoms with E-state index in [1.165, 1.54) is 0 Å². The lowest BCUT2D eigenvalue weighted by Gasteiger charge is -2.13. The molecule has 0 bridgehead atoms. The normalized spacial score (nSPS) is 10.4. The second-order valence-electron chi connectivity index (χ2n) is 5.07. The van der Waals surface area contributed by atoms with E-state index in [2.05, 4.69) is 10.3 Å².